The number of thioether (sulfide) groups is 1. The number of hydrogen-bond donors (Lipinski definition) is 1. The van der Waals surface area contributed by atoms with Gasteiger partial charge in [-0.1, -0.05) is 60.2 Å². The molecule has 4 aromatic rings. The smallest absolute Gasteiger partial charge is 0.264 e. The highest BCUT2D eigenvalue weighted by Gasteiger charge is 2.35. The molecule has 7 nitrogen and oxygen atoms in total. The molecule has 4 aromatic carbocycles. The molecule has 0 aromatic heterocycles. The van der Waals surface area contributed by atoms with Gasteiger partial charge in [0.05, 0.1) is 10.6 Å². The van der Waals surface area contributed by atoms with Crippen LogP contribution in [-0.2, 0) is 32.6 Å². The number of halogens is 1. The Hall–Kier alpha value is -4.15. The third-order valence-electron chi connectivity index (χ3n) is 7.28. The maximum absolute atomic E-state index is 14.5. The van der Waals surface area contributed by atoms with Gasteiger partial charge in [-0.15, -0.1) is 11.8 Å². The summed E-state index contributed by atoms with van der Waals surface area (Å²) in [6.45, 7) is 6.84. The van der Waals surface area contributed by atoms with Crippen LogP contribution < -0.4 is 9.62 Å². The van der Waals surface area contributed by atoms with Crippen molar-refractivity contribution in [1.29, 1.82) is 0 Å². The molecule has 0 saturated carbocycles. The molecule has 0 spiro atoms. The van der Waals surface area contributed by atoms with Gasteiger partial charge < -0.3 is 10.2 Å². The van der Waals surface area contributed by atoms with Gasteiger partial charge in [-0.3, -0.25) is 13.9 Å². The molecule has 10 heteroatoms. The monoisotopic (exact) mass is 661 g/mol. The molecule has 0 aliphatic carbocycles. The molecule has 0 aliphatic heterocycles. The van der Waals surface area contributed by atoms with Gasteiger partial charge in [0.15, 0.2) is 0 Å². The van der Waals surface area contributed by atoms with Crippen molar-refractivity contribution in [2.24, 2.45) is 0 Å². The molecule has 0 aliphatic rings. The van der Waals surface area contributed by atoms with Crippen LogP contribution in [0.2, 0.25) is 0 Å². The predicted octanol–water partition coefficient (Wildman–Crippen LogP) is 6.61. The molecule has 1 N–H and O–H groups in total. The summed E-state index contributed by atoms with van der Waals surface area (Å²) >= 11 is 1.49. The molecule has 46 heavy (non-hydrogen) atoms. The van der Waals surface area contributed by atoms with Crippen molar-refractivity contribution < 1.29 is 22.4 Å². The van der Waals surface area contributed by atoms with E-state index in [1.165, 1.54) is 40.9 Å². The number of sulfonamides is 1. The Labute approximate surface area is 275 Å². The van der Waals surface area contributed by atoms with Gasteiger partial charge in [-0.05, 0) is 93.6 Å². The predicted molar refractivity (Wildman–Crippen MR) is 183 cm³/mol. The minimum atomic E-state index is -4.21. The third-order valence-corrected chi connectivity index (χ3v) is 9.82. The van der Waals surface area contributed by atoms with Crippen LogP contribution in [0.4, 0.5) is 10.1 Å². The first kappa shape index (κ1) is 34.7. The van der Waals surface area contributed by atoms with Gasteiger partial charge in [0.2, 0.25) is 11.8 Å². The van der Waals surface area contributed by atoms with E-state index in [2.05, 4.69) is 5.32 Å². The second-order valence-corrected chi connectivity index (χ2v) is 14.9. The Bertz CT molecular complexity index is 1720. The van der Waals surface area contributed by atoms with Crippen LogP contribution in [0.25, 0.3) is 0 Å². The topological polar surface area (TPSA) is 86.8 Å². The largest absolute Gasteiger partial charge is 0.350 e. The molecular weight excluding hydrogens is 622 g/mol. The van der Waals surface area contributed by atoms with E-state index in [9.17, 15) is 22.4 Å². The molecule has 242 valence electrons. The van der Waals surface area contributed by atoms with Crippen LogP contribution >= 0.6 is 11.8 Å². The van der Waals surface area contributed by atoms with Crippen molar-refractivity contribution >= 4 is 39.3 Å². The number of hydrogen-bond acceptors (Lipinski definition) is 5. The lowest BCUT2D eigenvalue weighted by Gasteiger charge is -2.35. The van der Waals surface area contributed by atoms with Gasteiger partial charge in [0, 0.05) is 23.4 Å². The summed E-state index contributed by atoms with van der Waals surface area (Å²) in [7, 11) is -4.21. The Balaban J connectivity index is 1.81. The lowest BCUT2D eigenvalue weighted by Crippen LogP contribution is -2.56. The fraction of sp³-hybridized carbons (Fsp3) is 0.278. The van der Waals surface area contributed by atoms with Crippen LogP contribution in [-0.4, -0.2) is 49.5 Å². The number of carbonyl (C=O) groups excluding carboxylic acids is 2. The number of amides is 2. The maximum Gasteiger partial charge on any atom is 0.264 e. The van der Waals surface area contributed by atoms with Crippen LogP contribution in [0.5, 0.6) is 0 Å². The number of rotatable bonds is 12. The summed E-state index contributed by atoms with van der Waals surface area (Å²) in [5.41, 5.74) is 2.06. The van der Waals surface area contributed by atoms with Crippen molar-refractivity contribution in [2.75, 3.05) is 17.1 Å². The van der Waals surface area contributed by atoms with Crippen LogP contribution in [0, 0.1) is 12.7 Å². The fourth-order valence-corrected chi connectivity index (χ4v) is 6.73. The molecule has 4 rings (SSSR count). The van der Waals surface area contributed by atoms with E-state index in [-0.39, 0.29) is 23.8 Å². The first-order chi connectivity index (χ1) is 21.8. The Morgan fingerprint density at radius 2 is 1.46 bits per heavy atom. The number of benzene rings is 4. The van der Waals surface area contributed by atoms with Crippen molar-refractivity contribution in [1.82, 2.24) is 10.2 Å². The quantitative estimate of drug-likeness (QED) is 0.173. The average Bonchev–Trinajstić information content (AvgIpc) is 3.02. The zero-order valence-corrected chi connectivity index (χ0v) is 28.4. The number of aryl methyl sites for hydroxylation is 1. The lowest BCUT2D eigenvalue weighted by molar-refractivity contribution is -0.140. The van der Waals surface area contributed by atoms with Crippen LogP contribution in [0.3, 0.4) is 0 Å². The van der Waals surface area contributed by atoms with E-state index in [1.54, 1.807) is 48.5 Å². The summed E-state index contributed by atoms with van der Waals surface area (Å²) in [6.07, 6.45) is 2.08. The van der Waals surface area contributed by atoms with E-state index in [0.717, 1.165) is 20.3 Å². The van der Waals surface area contributed by atoms with E-state index in [1.807, 2.05) is 64.3 Å². The molecule has 0 heterocycles. The molecular formula is C36H40FN3O4S2. The van der Waals surface area contributed by atoms with Gasteiger partial charge in [0.25, 0.3) is 10.0 Å². The molecule has 0 fully saturated rings. The average molecular weight is 662 g/mol. The third kappa shape index (κ3) is 9.20. The summed E-state index contributed by atoms with van der Waals surface area (Å²) in [4.78, 5) is 30.8. The highest BCUT2D eigenvalue weighted by molar-refractivity contribution is 7.98. The first-order valence-electron chi connectivity index (χ1n) is 14.9. The van der Waals surface area contributed by atoms with Crippen molar-refractivity contribution in [3.63, 3.8) is 0 Å². The number of nitrogens with zero attached hydrogens (tertiary/aromatic N) is 2. The van der Waals surface area contributed by atoms with Gasteiger partial charge in [-0.25, -0.2) is 12.8 Å². The minimum Gasteiger partial charge on any atom is -0.350 e. The normalized spacial score (nSPS) is 12.3. The summed E-state index contributed by atoms with van der Waals surface area (Å²) in [5, 5.41) is 3.00. The number of nitrogens with one attached hydrogen (secondary N) is 1. The maximum atomic E-state index is 14.5. The molecule has 0 radical (unpaired) electrons. The lowest BCUT2D eigenvalue weighted by atomic mass is 10.0. The van der Waals surface area contributed by atoms with Crippen molar-refractivity contribution in [3.8, 4) is 0 Å². The zero-order chi connectivity index (χ0) is 33.5. The highest BCUT2D eigenvalue weighted by Crippen LogP contribution is 2.27. The molecule has 2 amide bonds. The van der Waals surface area contributed by atoms with Crippen molar-refractivity contribution in [3.05, 3.63) is 126 Å². The van der Waals surface area contributed by atoms with E-state index < -0.39 is 39.9 Å². The molecule has 0 bridgehead atoms. The number of anilines is 1. The SMILES string of the molecule is CSc1ccc(S(=O)(=O)N(CC(=O)N(Cc2ccc(F)cc2)[C@@H](Cc2ccccc2)C(=O)NC(C)(C)C)c2ccc(C)cc2)cc1. The Morgan fingerprint density at radius 3 is 2.02 bits per heavy atom. The van der Waals surface area contributed by atoms with Gasteiger partial charge in [0.1, 0.15) is 18.4 Å². The molecule has 1 atom stereocenters. The number of carbonyl (C=O) groups is 2. The second-order valence-electron chi connectivity index (χ2n) is 12.1. The fourth-order valence-electron chi connectivity index (χ4n) is 4.91. The minimum absolute atomic E-state index is 0.0371. The standard InChI is InChI=1S/C36H40FN3O4S2/c1-26-11-17-30(18-12-26)40(46(43,44)32-21-19-31(45-5)20-22-32)25-34(41)39(24-28-13-15-29(37)16-14-28)33(35(42)38-36(2,3)4)23-27-9-7-6-8-10-27/h6-22,33H,23-25H2,1-5H3,(H,38,42)/t33-/m0/s1. The summed E-state index contributed by atoms with van der Waals surface area (Å²) < 4.78 is 43.3. The second kappa shape index (κ2) is 15.0. The Morgan fingerprint density at radius 1 is 0.848 bits per heavy atom. The van der Waals surface area contributed by atoms with E-state index >= 15 is 0 Å². The van der Waals surface area contributed by atoms with Gasteiger partial charge >= 0.3 is 0 Å². The van der Waals surface area contributed by atoms with Crippen LogP contribution in [0.1, 0.15) is 37.5 Å². The highest BCUT2D eigenvalue weighted by atomic mass is 32.2. The van der Waals surface area contributed by atoms with Crippen LogP contribution in [0.15, 0.2) is 113 Å². The molecule has 0 saturated heterocycles. The van der Waals surface area contributed by atoms with E-state index in [0.29, 0.717) is 11.3 Å². The summed E-state index contributed by atoms with van der Waals surface area (Å²) in [6, 6.07) is 27.4. The Kier molecular flexibility index (Phi) is 11.3. The summed E-state index contributed by atoms with van der Waals surface area (Å²) in [5.74, 6) is -1.40. The van der Waals surface area contributed by atoms with Gasteiger partial charge in [-0.2, -0.15) is 0 Å². The molecule has 0 unspecified atom stereocenters. The van der Waals surface area contributed by atoms with E-state index in [4.69, 9.17) is 0 Å². The van der Waals surface area contributed by atoms with Crippen molar-refractivity contribution in [2.45, 2.75) is 62.0 Å². The zero-order valence-electron chi connectivity index (χ0n) is 26.7. The first-order valence-corrected chi connectivity index (χ1v) is 17.6.